The molecule has 0 saturated carbocycles. The van der Waals surface area contributed by atoms with Crippen molar-refractivity contribution in [3.8, 4) is 17.6 Å². The predicted molar refractivity (Wildman–Crippen MR) is 82.6 cm³/mol. The van der Waals surface area contributed by atoms with Crippen LogP contribution in [0.1, 0.15) is 38.3 Å². The number of methoxy groups -OCH3 is 1. The van der Waals surface area contributed by atoms with Crippen LogP contribution in [0.2, 0.25) is 0 Å². The van der Waals surface area contributed by atoms with Crippen molar-refractivity contribution in [3.05, 3.63) is 29.3 Å². The van der Waals surface area contributed by atoms with Crippen molar-refractivity contribution in [2.24, 2.45) is 11.7 Å². The summed E-state index contributed by atoms with van der Waals surface area (Å²) in [6, 6.07) is 5.86. The molecule has 1 atom stereocenters. The monoisotopic (exact) mass is 275 g/mol. The summed E-state index contributed by atoms with van der Waals surface area (Å²) in [7, 11) is 1.67. The van der Waals surface area contributed by atoms with E-state index in [1.165, 1.54) is 0 Å². The molecule has 0 aliphatic rings. The fourth-order valence-corrected chi connectivity index (χ4v) is 2.09. The SMILES string of the molecule is COc1ccc(C#CCN)cc1COC(C)CC(C)C. The molecular weight excluding hydrogens is 250 g/mol. The second kappa shape index (κ2) is 8.63. The molecule has 0 aliphatic heterocycles. The van der Waals surface area contributed by atoms with Crippen LogP contribution in [0.4, 0.5) is 0 Å². The van der Waals surface area contributed by atoms with Crippen molar-refractivity contribution in [1.82, 2.24) is 0 Å². The number of ether oxygens (including phenoxy) is 2. The van der Waals surface area contributed by atoms with Crippen molar-refractivity contribution in [2.75, 3.05) is 13.7 Å². The van der Waals surface area contributed by atoms with Crippen molar-refractivity contribution >= 4 is 0 Å². The van der Waals surface area contributed by atoms with E-state index >= 15 is 0 Å². The molecule has 0 bridgehead atoms. The highest BCUT2D eigenvalue weighted by molar-refractivity contribution is 5.44. The van der Waals surface area contributed by atoms with Gasteiger partial charge in [-0.05, 0) is 37.5 Å². The Labute approximate surface area is 122 Å². The first kappa shape index (κ1) is 16.6. The molecule has 1 aromatic carbocycles. The van der Waals surface area contributed by atoms with E-state index in [4.69, 9.17) is 15.2 Å². The summed E-state index contributed by atoms with van der Waals surface area (Å²) in [4.78, 5) is 0. The van der Waals surface area contributed by atoms with Gasteiger partial charge >= 0.3 is 0 Å². The molecule has 2 N–H and O–H groups in total. The first-order valence-electron chi connectivity index (χ1n) is 7.04. The number of nitrogens with two attached hydrogens (primary N) is 1. The van der Waals surface area contributed by atoms with Crippen LogP contribution in [0.5, 0.6) is 5.75 Å². The predicted octanol–water partition coefficient (Wildman–Crippen LogP) is 2.96. The van der Waals surface area contributed by atoms with Gasteiger partial charge in [-0.2, -0.15) is 0 Å². The molecule has 0 radical (unpaired) electrons. The Bertz CT molecular complexity index is 472. The van der Waals surface area contributed by atoms with E-state index in [1.807, 2.05) is 18.2 Å². The highest BCUT2D eigenvalue weighted by atomic mass is 16.5. The van der Waals surface area contributed by atoms with Crippen LogP contribution < -0.4 is 10.5 Å². The van der Waals surface area contributed by atoms with Gasteiger partial charge < -0.3 is 15.2 Å². The lowest BCUT2D eigenvalue weighted by molar-refractivity contribution is 0.0387. The summed E-state index contributed by atoms with van der Waals surface area (Å²) in [5.41, 5.74) is 7.35. The minimum absolute atomic E-state index is 0.235. The van der Waals surface area contributed by atoms with Crippen LogP contribution in [-0.4, -0.2) is 19.8 Å². The summed E-state index contributed by atoms with van der Waals surface area (Å²) < 4.78 is 11.3. The van der Waals surface area contributed by atoms with Gasteiger partial charge in [0.25, 0.3) is 0 Å². The van der Waals surface area contributed by atoms with E-state index in [2.05, 4.69) is 32.6 Å². The Morgan fingerprint density at radius 3 is 2.60 bits per heavy atom. The number of rotatable bonds is 6. The lowest BCUT2D eigenvalue weighted by atomic mass is 10.1. The van der Waals surface area contributed by atoms with Crippen LogP contribution in [0.3, 0.4) is 0 Å². The van der Waals surface area contributed by atoms with Crippen LogP contribution in [-0.2, 0) is 11.3 Å². The normalized spacial score (nSPS) is 11.9. The summed E-state index contributed by atoms with van der Waals surface area (Å²) >= 11 is 0. The third kappa shape index (κ3) is 5.64. The number of hydrogen-bond acceptors (Lipinski definition) is 3. The van der Waals surface area contributed by atoms with E-state index in [-0.39, 0.29) is 6.10 Å². The van der Waals surface area contributed by atoms with Gasteiger partial charge in [-0.15, -0.1) is 0 Å². The second-order valence-electron chi connectivity index (χ2n) is 5.28. The molecule has 0 aliphatic carbocycles. The van der Waals surface area contributed by atoms with Gasteiger partial charge in [-0.25, -0.2) is 0 Å². The van der Waals surface area contributed by atoms with Crippen molar-refractivity contribution in [2.45, 2.75) is 39.9 Å². The smallest absolute Gasteiger partial charge is 0.124 e. The molecule has 1 rings (SSSR count). The molecule has 0 saturated heterocycles. The highest BCUT2D eigenvalue weighted by Crippen LogP contribution is 2.21. The topological polar surface area (TPSA) is 44.5 Å². The minimum atomic E-state index is 0.235. The molecule has 3 nitrogen and oxygen atoms in total. The standard InChI is InChI=1S/C17H25NO2/c1-13(2)10-14(3)20-12-16-11-15(6-5-9-18)7-8-17(16)19-4/h7-8,11,13-14H,9-10,12,18H2,1-4H3. The summed E-state index contributed by atoms with van der Waals surface area (Å²) in [6.07, 6.45) is 1.29. The first-order valence-corrected chi connectivity index (χ1v) is 7.04. The van der Waals surface area contributed by atoms with Gasteiger partial charge in [-0.3, -0.25) is 0 Å². The maximum absolute atomic E-state index is 5.89. The summed E-state index contributed by atoms with van der Waals surface area (Å²) in [6.45, 7) is 7.40. The lowest BCUT2D eigenvalue weighted by Crippen LogP contribution is -2.11. The zero-order chi connectivity index (χ0) is 15.0. The van der Waals surface area contributed by atoms with E-state index in [9.17, 15) is 0 Å². The third-order valence-electron chi connectivity index (χ3n) is 2.94. The Kier molecular flexibility index (Phi) is 7.14. The van der Waals surface area contributed by atoms with Crippen molar-refractivity contribution < 1.29 is 9.47 Å². The lowest BCUT2D eigenvalue weighted by Gasteiger charge is -2.16. The second-order valence-corrected chi connectivity index (χ2v) is 5.28. The van der Waals surface area contributed by atoms with Gasteiger partial charge in [0.2, 0.25) is 0 Å². The maximum atomic E-state index is 5.89. The number of hydrogen-bond donors (Lipinski definition) is 1. The number of benzene rings is 1. The Balaban J connectivity index is 2.75. The van der Waals surface area contributed by atoms with Crippen molar-refractivity contribution in [3.63, 3.8) is 0 Å². The maximum Gasteiger partial charge on any atom is 0.124 e. The molecule has 1 aromatic rings. The van der Waals surface area contributed by atoms with E-state index in [0.29, 0.717) is 19.1 Å². The van der Waals surface area contributed by atoms with Crippen LogP contribution in [0.15, 0.2) is 18.2 Å². The summed E-state index contributed by atoms with van der Waals surface area (Å²) in [5.74, 6) is 7.35. The zero-order valence-corrected chi connectivity index (χ0v) is 12.9. The van der Waals surface area contributed by atoms with Crippen molar-refractivity contribution in [1.29, 1.82) is 0 Å². The zero-order valence-electron chi connectivity index (χ0n) is 12.9. The largest absolute Gasteiger partial charge is 0.496 e. The Hall–Kier alpha value is -1.50. The Morgan fingerprint density at radius 2 is 2.00 bits per heavy atom. The van der Waals surface area contributed by atoms with Gasteiger partial charge in [0.15, 0.2) is 0 Å². The molecular formula is C17H25NO2. The molecule has 0 amide bonds. The molecule has 0 spiro atoms. The first-order chi connectivity index (χ1) is 9.56. The molecule has 0 heterocycles. The fraction of sp³-hybridized carbons (Fsp3) is 0.529. The van der Waals surface area contributed by atoms with Crippen LogP contribution in [0, 0.1) is 17.8 Å². The highest BCUT2D eigenvalue weighted by Gasteiger charge is 2.09. The van der Waals surface area contributed by atoms with Gasteiger partial charge in [0, 0.05) is 11.1 Å². The van der Waals surface area contributed by atoms with E-state index < -0.39 is 0 Å². The van der Waals surface area contributed by atoms with E-state index in [0.717, 1.165) is 23.3 Å². The summed E-state index contributed by atoms with van der Waals surface area (Å²) in [5, 5.41) is 0. The van der Waals surface area contributed by atoms with Gasteiger partial charge in [0.1, 0.15) is 5.75 Å². The van der Waals surface area contributed by atoms with Gasteiger partial charge in [-0.1, -0.05) is 25.7 Å². The Morgan fingerprint density at radius 1 is 1.25 bits per heavy atom. The molecule has 1 unspecified atom stereocenters. The molecule has 3 heteroatoms. The molecule has 0 fully saturated rings. The molecule has 20 heavy (non-hydrogen) atoms. The third-order valence-corrected chi connectivity index (χ3v) is 2.94. The van der Waals surface area contributed by atoms with Crippen LogP contribution >= 0.6 is 0 Å². The quantitative estimate of drug-likeness (QED) is 0.812. The molecule has 0 aromatic heterocycles. The fourth-order valence-electron chi connectivity index (χ4n) is 2.09. The average molecular weight is 275 g/mol. The minimum Gasteiger partial charge on any atom is -0.496 e. The van der Waals surface area contributed by atoms with Gasteiger partial charge in [0.05, 0.1) is 26.4 Å². The average Bonchev–Trinajstić information content (AvgIpc) is 2.42. The van der Waals surface area contributed by atoms with E-state index in [1.54, 1.807) is 7.11 Å². The molecule has 110 valence electrons. The van der Waals surface area contributed by atoms with Crippen LogP contribution in [0.25, 0.3) is 0 Å².